The third-order valence-electron chi connectivity index (χ3n) is 5.36. The molecule has 0 bridgehead atoms. The van der Waals surface area contributed by atoms with Crippen molar-refractivity contribution in [2.45, 2.75) is 34.3 Å². The zero-order valence-corrected chi connectivity index (χ0v) is 20.4. The molecule has 34 heavy (non-hydrogen) atoms. The van der Waals surface area contributed by atoms with Crippen LogP contribution in [0, 0.1) is 20.8 Å². The fraction of sp³-hybridized carbons (Fsp3) is 0.222. The predicted molar refractivity (Wildman–Crippen MR) is 135 cm³/mol. The number of hydrogen-bond donors (Lipinski definition) is 0. The summed E-state index contributed by atoms with van der Waals surface area (Å²) in [5, 5.41) is 4.48. The Morgan fingerprint density at radius 2 is 1.68 bits per heavy atom. The van der Waals surface area contributed by atoms with Crippen molar-refractivity contribution in [3.63, 3.8) is 0 Å². The Hall–Kier alpha value is -3.71. The third-order valence-corrected chi connectivity index (χ3v) is 6.24. The summed E-state index contributed by atoms with van der Waals surface area (Å²) in [5.74, 6) is -0.0133. The van der Waals surface area contributed by atoms with Crippen molar-refractivity contribution in [2.75, 3.05) is 11.5 Å². The molecule has 1 amide bonds. The van der Waals surface area contributed by atoms with E-state index in [0.29, 0.717) is 16.6 Å². The van der Waals surface area contributed by atoms with Gasteiger partial charge in [0.1, 0.15) is 12.4 Å². The zero-order chi connectivity index (χ0) is 24.2. The maximum Gasteiger partial charge on any atom is 0.344 e. The van der Waals surface area contributed by atoms with E-state index in [9.17, 15) is 9.59 Å². The molecule has 0 aliphatic carbocycles. The van der Waals surface area contributed by atoms with E-state index in [1.807, 2.05) is 75.4 Å². The van der Waals surface area contributed by atoms with E-state index >= 15 is 0 Å². The number of aryl methyl sites for hydroxylation is 3. The molecule has 0 spiro atoms. The smallest absolute Gasteiger partial charge is 0.344 e. The number of benzene rings is 3. The van der Waals surface area contributed by atoms with Crippen molar-refractivity contribution in [2.24, 2.45) is 0 Å². The van der Waals surface area contributed by atoms with Crippen LogP contribution >= 0.6 is 11.3 Å². The van der Waals surface area contributed by atoms with Crippen molar-refractivity contribution >= 4 is 44.8 Å². The van der Waals surface area contributed by atoms with Crippen LogP contribution in [-0.4, -0.2) is 23.5 Å². The van der Waals surface area contributed by atoms with Gasteiger partial charge in [-0.25, -0.2) is 9.78 Å². The van der Waals surface area contributed by atoms with E-state index < -0.39 is 5.97 Å². The van der Waals surface area contributed by atoms with E-state index in [0.717, 1.165) is 33.2 Å². The molecule has 4 aromatic rings. The van der Waals surface area contributed by atoms with Crippen LogP contribution < -0.4 is 9.64 Å². The SMILES string of the molecule is CC(=O)N(c1nc(COC(=O)COc2ccc3ccccc3c2)cs1)c1c(C)cc(C)cc1C. The van der Waals surface area contributed by atoms with Crippen molar-refractivity contribution < 1.29 is 19.1 Å². The number of thiazole rings is 1. The Balaban J connectivity index is 1.39. The van der Waals surface area contributed by atoms with Gasteiger partial charge in [0.15, 0.2) is 11.7 Å². The van der Waals surface area contributed by atoms with Gasteiger partial charge >= 0.3 is 5.97 Å². The van der Waals surface area contributed by atoms with Crippen LogP contribution in [0.25, 0.3) is 10.8 Å². The number of carbonyl (C=O) groups is 2. The first-order chi connectivity index (χ1) is 16.3. The Morgan fingerprint density at radius 1 is 0.971 bits per heavy atom. The molecule has 0 radical (unpaired) electrons. The van der Waals surface area contributed by atoms with E-state index in [2.05, 4.69) is 4.98 Å². The maximum atomic E-state index is 12.5. The van der Waals surface area contributed by atoms with Crippen molar-refractivity contribution in [3.8, 4) is 5.75 Å². The molecule has 1 heterocycles. The lowest BCUT2D eigenvalue weighted by atomic mass is 10.0. The van der Waals surface area contributed by atoms with Gasteiger partial charge in [-0.05, 0) is 54.8 Å². The predicted octanol–water partition coefficient (Wildman–Crippen LogP) is 6.03. The zero-order valence-electron chi connectivity index (χ0n) is 19.6. The largest absolute Gasteiger partial charge is 0.482 e. The molecule has 0 fully saturated rings. The van der Waals surface area contributed by atoms with Gasteiger partial charge < -0.3 is 9.47 Å². The molecule has 174 valence electrons. The highest BCUT2D eigenvalue weighted by Crippen LogP contribution is 2.34. The second-order valence-electron chi connectivity index (χ2n) is 8.18. The summed E-state index contributed by atoms with van der Waals surface area (Å²) in [4.78, 5) is 30.9. The monoisotopic (exact) mass is 474 g/mol. The van der Waals surface area contributed by atoms with Gasteiger partial charge in [-0.15, -0.1) is 11.3 Å². The van der Waals surface area contributed by atoms with Crippen LogP contribution in [0.4, 0.5) is 10.8 Å². The Labute approximate surface area is 202 Å². The molecule has 0 saturated carbocycles. The number of ether oxygens (including phenoxy) is 2. The normalized spacial score (nSPS) is 10.8. The minimum atomic E-state index is -0.489. The summed E-state index contributed by atoms with van der Waals surface area (Å²) in [6.45, 7) is 7.32. The number of carbonyl (C=O) groups excluding carboxylic acids is 2. The van der Waals surface area contributed by atoms with E-state index in [-0.39, 0.29) is 19.1 Å². The van der Waals surface area contributed by atoms with Crippen molar-refractivity contribution in [1.82, 2.24) is 4.98 Å². The molecule has 0 atom stereocenters. The summed E-state index contributed by atoms with van der Waals surface area (Å²) in [6.07, 6.45) is 0. The highest BCUT2D eigenvalue weighted by Gasteiger charge is 2.22. The highest BCUT2D eigenvalue weighted by molar-refractivity contribution is 7.14. The molecule has 3 aromatic carbocycles. The molecule has 4 rings (SSSR count). The molecule has 0 saturated heterocycles. The average molecular weight is 475 g/mol. The molecule has 1 aromatic heterocycles. The third kappa shape index (κ3) is 5.26. The Bertz CT molecular complexity index is 1340. The quantitative estimate of drug-likeness (QED) is 0.306. The van der Waals surface area contributed by atoms with Gasteiger partial charge in [0, 0.05) is 12.3 Å². The lowest BCUT2D eigenvalue weighted by Gasteiger charge is -2.23. The average Bonchev–Trinajstić information content (AvgIpc) is 3.26. The summed E-state index contributed by atoms with van der Waals surface area (Å²) >= 11 is 1.34. The number of anilines is 2. The standard InChI is InChI=1S/C27H26N2O4S/c1-17-11-18(2)26(19(3)12-17)29(20(4)30)27-28-23(16-34-27)14-33-25(31)15-32-24-10-9-21-7-5-6-8-22(21)13-24/h5-13,16H,14-15H2,1-4H3. The summed E-state index contributed by atoms with van der Waals surface area (Å²) < 4.78 is 10.9. The molecule has 6 nitrogen and oxygen atoms in total. The summed E-state index contributed by atoms with van der Waals surface area (Å²) in [5.41, 5.74) is 4.55. The van der Waals surface area contributed by atoms with Gasteiger partial charge in [0.25, 0.3) is 0 Å². The van der Waals surface area contributed by atoms with Gasteiger partial charge in [-0.3, -0.25) is 9.69 Å². The second kappa shape index (κ2) is 10.1. The van der Waals surface area contributed by atoms with E-state index in [4.69, 9.17) is 9.47 Å². The lowest BCUT2D eigenvalue weighted by Crippen LogP contribution is -2.24. The first-order valence-corrected chi connectivity index (χ1v) is 11.8. The molecular formula is C27H26N2O4S. The topological polar surface area (TPSA) is 68.7 Å². The second-order valence-corrected chi connectivity index (χ2v) is 9.02. The Morgan fingerprint density at radius 3 is 2.38 bits per heavy atom. The molecule has 7 heteroatoms. The van der Waals surface area contributed by atoms with Crippen LogP contribution in [0.5, 0.6) is 5.75 Å². The number of fused-ring (bicyclic) bond motifs is 1. The lowest BCUT2D eigenvalue weighted by molar-refractivity contribution is -0.147. The number of rotatable bonds is 7. The molecule has 0 unspecified atom stereocenters. The van der Waals surface area contributed by atoms with Gasteiger partial charge in [0.2, 0.25) is 5.91 Å². The number of hydrogen-bond acceptors (Lipinski definition) is 6. The Kier molecular flexibility index (Phi) is 6.93. The fourth-order valence-corrected chi connectivity index (χ4v) is 4.83. The van der Waals surface area contributed by atoms with Gasteiger partial charge in [-0.1, -0.05) is 48.0 Å². The number of nitrogens with zero attached hydrogens (tertiary/aromatic N) is 2. The van der Waals surface area contributed by atoms with Crippen LogP contribution in [-0.2, 0) is 20.9 Å². The molecule has 0 aliphatic heterocycles. The molecule has 0 aliphatic rings. The number of amides is 1. The fourth-order valence-electron chi connectivity index (χ4n) is 3.97. The van der Waals surface area contributed by atoms with Crippen LogP contribution in [0.1, 0.15) is 29.3 Å². The van der Waals surface area contributed by atoms with Gasteiger partial charge in [0.05, 0.1) is 11.4 Å². The molecular weight excluding hydrogens is 448 g/mol. The first kappa shape index (κ1) is 23.4. The van der Waals surface area contributed by atoms with E-state index in [1.54, 1.807) is 10.3 Å². The minimum Gasteiger partial charge on any atom is -0.482 e. The number of esters is 1. The molecule has 0 N–H and O–H groups in total. The van der Waals surface area contributed by atoms with Gasteiger partial charge in [-0.2, -0.15) is 0 Å². The van der Waals surface area contributed by atoms with E-state index in [1.165, 1.54) is 18.3 Å². The first-order valence-electron chi connectivity index (χ1n) is 10.9. The maximum absolute atomic E-state index is 12.5. The van der Waals surface area contributed by atoms with Crippen molar-refractivity contribution in [3.05, 3.63) is 82.4 Å². The van der Waals surface area contributed by atoms with Crippen LogP contribution in [0.3, 0.4) is 0 Å². The highest BCUT2D eigenvalue weighted by atomic mass is 32.1. The summed E-state index contributed by atoms with van der Waals surface area (Å²) in [6, 6.07) is 17.7. The number of aromatic nitrogens is 1. The van der Waals surface area contributed by atoms with Crippen LogP contribution in [0.2, 0.25) is 0 Å². The minimum absolute atomic E-state index is 0.00796. The van der Waals surface area contributed by atoms with Crippen LogP contribution in [0.15, 0.2) is 60.0 Å². The summed E-state index contributed by atoms with van der Waals surface area (Å²) in [7, 11) is 0. The van der Waals surface area contributed by atoms with Crippen molar-refractivity contribution in [1.29, 1.82) is 0 Å².